The molecule has 3 N–H and O–H groups in total. The molecule has 0 spiro atoms. The Balaban J connectivity index is 2.43. The molecule has 0 saturated carbocycles. The number of alkyl halides is 3. The molecule has 1 aromatic carbocycles. The van der Waals surface area contributed by atoms with Crippen LogP contribution in [0.15, 0.2) is 41.0 Å². The number of halogens is 3. The molecule has 0 fully saturated rings. The number of nitrogens with one attached hydrogen (secondary N) is 1. The first-order valence-corrected chi connectivity index (χ1v) is 6.17. The predicted molar refractivity (Wildman–Crippen MR) is 68.7 cm³/mol. The zero-order valence-electron chi connectivity index (χ0n) is 10.9. The first kappa shape index (κ1) is 14.6. The fraction of sp³-hybridized carbons (Fsp3) is 0.286. The number of benzene rings is 1. The second-order valence-electron chi connectivity index (χ2n) is 4.38. The molecule has 0 aliphatic heterocycles. The summed E-state index contributed by atoms with van der Waals surface area (Å²) in [4.78, 5) is 0. The van der Waals surface area contributed by atoms with Gasteiger partial charge in [-0.15, -0.1) is 0 Å². The highest BCUT2D eigenvalue weighted by Crippen LogP contribution is 2.32. The van der Waals surface area contributed by atoms with E-state index in [0.29, 0.717) is 17.7 Å². The first-order valence-electron chi connectivity index (χ1n) is 6.17. The van der Waals surface area contributed by atoms with Gasteiger partial charge in [-0.05, 0) is 23.8 Å². The highest BCUT2D eigenvalue weighted by atomic mass is 19.4. The van der Waals surface area contributed by atoms with Gasteiger partial charge in [0.05, 0.1) is 17.9 Å². The smallest absolute Gasteiger partial charge is 0.416 e. The number of nitrogens with two attached hydrogens (primary N) is 1. The maximum atomic E-state index is 12.8. The Kier molecular flexibility index (Phi) is 4.15. The number of aryl methyl sites for hydroxylation is 1. The molecule has 2 aromatic rings. The normalized spacial score (nSPS) is 13.4. The maximum Gasteiger partial charge on any atom is 0.416 e. The van der Waals surface area contributed by atoms with Gasteiger partial charge in [-0.25, -0.2) is 5.43 Å². The highest BCUT2D eigenvalue weighted by molar-refractivity contribution is 5.36. The summed E-state index contributed by atoms with van der Waals surface area (Å²) < 4.78 is 43.6. The lowest BCUT2D eigenvalue weighted by molar-refractivity contribution is -0.137. The molecule has 0 aliphatic carbocycles. The average Bonchev–Trinajstić information content (AvgIpc) is 2.87. The second kappa shape index (κ2) is 5.68. The summed E-state index contributed by atoms with van der Waals surface area (Å²) in [5.41, 5.74) is 3.04. The van der Waals surface area contributed by atoms with Crippen molar-refractivity contribution in [2.75, 3.05) is 0 Å². The summed E-state index contributed by atoms with van der Waals surface area (Å²) in [6.45, 7) is 1.90. The third-order valence-electron chi connectivity index (χ3n) is 3.13. The number of rotatable bonds is 4. The van der Waals surface area contributed by atoms with E-state index in [2.05, 4.69) is 5.43 Å². The van der Waals surface area contributed by atoms with E-state index < -0.39 is 17.8 Å². The molecule has 2 rings (SSSR count). The standard InChI is InChI=1S/C14H15F3N2O/c1-2-12-11(6-7-20-12)13(19-18)9-4-3-5-10(8-9)14(15,16)17/h3-8,13,19H,2,18H2,1H3. The van der Waals surface area contributed by atoms with Crippen LogP contribution in [0.3, 0.4) is 0 Å². The maximum absolute atomic E-state index is 12.8. The minimum Gasteiger partial charge on any atom is -0.469 e. The molecule has 1 heterocycles. The van der Waals surface area contributed by atoms with Crippen LogP contribution in [0.5, 0.6) is 0 Å². The lowest BCUT2D eigenvalue weighted by atomic mass is 9.97. The molecule has 1 aromatic heterocycles. The molecule has 0 saturated heterocycles. The van der Waals surface area contributed by atoms with Gasteiger partial charge in [0.1, 0.15) is 5.76 Å². The molecule has 6 heteroatoms. The molecule has 0 radical (unpaired) electrons. The Bertz CT molecular complexity index is 578. The van der Waals surface area contributed by atoms with E-state index >= 15 is 0 Å². The van der Waals surface area contributed by atoms with Crippen LogP contribution in [0.2, 0.25) is 0 Å². The third kappa shape index (κ3) is 2.86. The molecule has 0 amide bonds. The zero-order valence-corrected chi connectivity index (χ0v) is 10.9. The average molecular weight is 284 g/mol. The van der Waals surface area contributed by atoms with Crippen molar-refractivity contribution < 1.29 is 17.6 Å². The van der Waals surface area contributed by atoms with E-state index in [-0.39, 0.29) is 0 Å². The Hall–Kier alpha value is -1.79. The molecular formula is C14H15F3N2O. The van der Waals surface area contributed by atoms with E-state index in [4.69, 9.17) is 10.3 Å². The number of hydrogen-bond acceptors (Lipinski definition) is 3. The van der Waals surface area contributed by atoms with Crippen molar-refractivity contribution in [2.45, 2.75) is 25.6 Å². The monoisotopic (exact) mass is 284 g/mol. The van der Waals surface area contributed by atoms with Gasteiger partial charge < -0.3 is 4.42 Å². The Morgan fingerprint density at radius 2 is 2.05 bits per heavy atom. The van der Waals surface area contributed by atoms with E-state index in [1.807, 2.05) is 6.92 Å². The van der Waals surface area contributed by atoms with Crippen LogP contribution < -0.4 is 11.3 Å². The SMILES string of the molecule is CCc1occc1C(NN)c1cccc(C(F)(F)F)c1. The quantitative estimate of drug-likeness (QED) is 0.668. The predicted octanol–water partition coefficient (Wildman–Crippen LogP) is 3.41. The summed E-state index contributed by atoms with van der Waals surface area (Å²) in [6, 6.07) is 6.28. The lowest BCUT2D eigenvalue weighted by Crippen LogP contribution is -2.29. The van der Waals surface area contributed by atoms with E-state index in [0.717, 1.165) is 17.7 Å². The van der Waals surface area contributed by atoms with Gasteiger partial charge in [0.15, 0.2) is 0 Å². The third-order valence-corrected chi connectivity index (χ3v) is 3.13. The van der Waals surface area contributed by atoms with E-state index in [1.165, 1.54) is 12.3 Å². The van der Waals surface area contributed by atoms with Crippen molar-refractivity contribution in [3.05, 3.63) is 59.0 Å². The number of hydrogen-bond donors (Lipinski definition) is 2. The van der Waals surface area contributed by atoms with Crippen molar-refractivity contribution in [2.24, 2.45) is 5.84 Å². The summed E-state index contributed by atoms with van der Waals surface area (Å²) in [5.74, 6) is 6.21. The van der Waals surface area contributed by atoms with Crippen molar-refractivity contribution in [3.63, 3.8) is 0 Å². The summed E-state index contributed by atoms with van der Waals surface area (Å²) >= 11 is 0. The van der Waals surface area contributed by atoms with Crippen LogP contribution >= 0.6 is 0 Å². The van der Waals surface area contributed by atoms with Gasteiger partial charge in [0.2, 0.25) is 0 Å². The van der Waals surface area contributed by atoms with Gasteiger partial charge in [0, 0.05) is 12.0 Å². The Morgan fingerprint density at radius 3 is 2.65 bits per heavy atom. The molecule has 3 nitrogen and oxygen atoms in total. The summed E-state index contributed by atoms with van der Waals surface area (Å²) in [6.07, 6.45) is -2.23. The zero-order chi connectivity index (χ0) is 14.8. The summed E-state index contributed by atoms with van der Waals surface area (Å²) in [7, 11) is 0. The van der Waals surface area contributed by atoms with Gasteiger partial charge in [-0.2, -0.15) is 13.2 Å². The van der Waals surface area contributed by atoms with Crippen molar-refractivity contribution in [1.82, 2.24) is 5.43 Å². The minimum atomic E-state index is -4.38. The van der Waals surface area contributed by atoms with Crippen LogP contribution in [-0.2, 0) is 12.6 Å². The molecule has 108 valence electrons. The lowest BCUT2D eigenvalue weighted by Gasteiger charge is -2.18. The molecule has 1 unspecified atom stereocenters. The largest absolute Gasteiger partial charge is 0.469 e. The topological polar surface area (TPSA) is 51.2 Å². The highest BCUT2D eigenvalue weighted by Gasteiger charge is 2.31. The molecule has 0 bridgehead atoms. The van der Waals surface area contributed by atoms with Crippen LogP contribution in [0.25, 0.3) is 0 Å². The van der Waals surface area contributed by atoms with Crippen LogP contribution in [0.1, 0.15) is 35.4 Å². The van der Waals surface area contributed by atoms with Gasteiger partial charge in [-0.1, -0.05) is 19.1 Å². The second-order valence-corrected chi connectivity index (χ2v) is 4.38. The van der Waals surface area contributed by atoms with E-state index in [1.54, 1.807) is 12.1 Å². The minimum absolute atomic E-state index is 0.443. The van der Waals surface area contributed by atoms with Gasteiger partial charge in [0.25, 0.3) is 0 Å². The molecule has 1 atom stereocenters. The van der Waals surface area contributed by atoms with Crippen molar-refractivity contribution in [1.29, 1.82) is 0 Å². The Labute approximate surface area is 114 Å². The Morgan fingerprint density at radius 1 is 1.30 bits per heavy atom. The van der Waals surface area contributed by atoms with Crippen LogP contribution in [-0.4, -0.2) is 0 Å². The molecule has 20 heavy (non-hydrogen) atoms. The molecular weight excluding hydrogens is 269 g/mol. The fourth-order valence-corrected chi connectivity index (χ4v) is 2.16. The van der Waals surface area contributed by atoms with Crippen molar-refractivity contribution in [3.8, 4) is 0 Å². The van der Waals surface area contributed by atoms with E-state index in [9.17, 15) is 13.2 Å². The first-order chi connectivity index (χ1) is 9.47. The summed E-state index contributed by atoms with van der Waals surface area (Å²) in [5, 5.41) is 0. The van der Waals surface area contributed by atoms with Crippen LogP contribution in [0.4, 0.5) is 13.2 Å². The number of hydrazine groups is 1. The van der Waals surface area contributed by atoms with Crippen molar-refractivity contribution >= 4 is 0 Å². The number of furan rings is 1. The molecule has 0 aliphatic rings. The van der Waals surface area contributed by atoms with Gasteiger partial charge in [-0.3, -0.25) is 5.84 Å². The van der Waals surface area contributed by atoms with Crippen LogP contribution in [0, 0.1) is 0 Å². The fourth-order valence-electron chi connectivity index (χ4n) is 2.16. The van der Waals surface area contributed by atoms with Gasteiger partial charge >= 0.3 is 6.18 Å².